The van der Waals surface area contributed by atoms with Gasteiger partial charge in [-0.15, -0.1) is 0 Å². The molecule has 15 heavy (non-hydrogen) atoms. The highest BCUT2D eigenvalue weighted by Crippen LogP contribution is 2.18. The molecule has 4 nitrogen and oxygen atoms in total. The highest BCUT2D eigenvalue weighted by molar-refractivity contribution is 7.90. The van der Waals surface area contributed by atoms with Crippen molar-refractivity contribution in [3.63, 3.8) is 0 Å². The summed E-state index contributed by atoms with van der Waals surface area (Å²) in [6, 6.07) is 9.49. The van der Waals surface area contributed by atoms with E-state index in [9.17, 15) is 21.6 Å². The number of para-hydroxylation sites is 1. The minimum atomic E-state index is -5.34. The van der Waals surface area contributed by atoms with Crippen molar-refractivity contribution in [3.05, 3.63) is 30.3 Å². The van der Waals surface area contributed by atoms with Crippen LogP contribution in [0.15, 0.2) is 30.3 Å². The fraction of sp³-hybridized carbons (Fsp3) is 0.143. The van der Waals surface area contributed by atoms with Crippen molar-refractivity contribution >= 4 is 15.7 Å². The van der Waals surface area contributed by atoms with Crippen LogP contribution in [-0.2, 0) is 10.0 Å². The van der Waals surface area contributed by atoms with Crippen LogP contribution in [0.4, 0.5) is 18.9 Å². The Bertz CT molecular complexity index is 388. The molecule has 0 aliphatic carbocycles. The molecule has 0 spiro atoms. The lowest BCUT2D eigenvalue weighted by molar-refractivity contribution is -0.0436. The van der Waals surface area contributed by atoms with E-state index in [1.165, 1.54) is 0 Å². The molecule has 0 heterocycles. The lowest BCUT2D eigenvalue weighted by Gasteiger charge is -1.98. The topological polar surface area (TPSA) is 86.2 Å². The molecule has 8 heteroatoms. The van der Waals surface area contributed by atoms with Crippen LogP contribution in [0.1, 0.15) is 0 Å². The number of rotatable bonds is 0. The van der Waals surface area contributed by atoms with Gasteiger partial charge in [0.2, 0.25) is 0 Å². The molecule has 1 aromatic carbocycles. The Morgan fingerprint density at radius 3 is 1.53 bits per heavy atom. The van der Waals surface area contributed by atoms with Gasteiger partial charge in [0.25, 0.3) is 0 Å². The summed E-state index contributed by atoms with van der Waals surface area (Å²) in [5.41, 5.74) is 0.867. The number of halogens is 3. The number of alkyl halides is 3. The van der Waals surface area contributed by atoms with Crippen molar-refractivity contribution in [3.8, 4) is 0 Å². The number of hydrogen-bond acceptors (Lipinski definition) is 3. The number of benzene rings is 1. The average molecular weight is 242 g/mol. The second kappa shape index (κ2) is 4.99. The Labute approximate surface area is 84.7 Å². The third-order valence-electron chi connectivity index (χ3n) is 1.12. The Hall–Kier alpha value is -1.28. The second-order valence-corrected chi connectivity index (χ2v) is 3.95. The molecule has 0 aliphatic rings. The van der Waals surface area contributed by atoms with Crippen molar-refractivity contribution in [2.45, 2.75) is 5.51 Å². The van der Waals surface area contributed by atoms with E-state index >= 15 is 0 Å². The number of primary sulfonamides is 1. The van der Waals surface area contributed by atoms with Gasteiger partial charge in [0.15, 0.2) is 0 Å². The van der Waals surface area contributed by atoms with Gasteiger partial charge in [-0.2, -0.15) is 13.2 Å². The van der Waals surface area contributed by atoms with Gasteiger partial charge < -0.3 is 5.73 Å². The molecule has 0 radical (unpaired) electrons. The van der Waals surface area contributed by atoms with Crippen molar-refractivity contribution in [1.82, 2.24) is 0 Å². The highest BCUT2D eigenvalue weighted by Gasteiger charge is 2.42. The standard InChI is InChI=1S/C6H7N.CH2F3NO2S/c7-6-4-2-1-3-5-6;2-1(3,4)8(5,6)7/h1-5H,7H2;(H2,5,6,7). The van der Waals surface area contributed by atoms with E-state index in [1.807, 2.05) is 30.3 Å². The molecular weight excluding hydrogens is 233 g/mol. The van der Waals surface area contributed by atoms with E-state index in [2.05, 4.69) is 5.14 Å². The maximum Gasteiger partial charge on any atom is 0.511 e. The molecule has 0 aromatic heterocycles. The van der Waals surface area contributed by atoms with Crippen molar-refractivity contribution < 1.29 is 21.6 Å². The third kappa shape index (κ3) is 5.92. The first kappa shape index (κ1) is 13.7. The molecule has 86 valence electrons. The number of anilines is 1. The van der Waals surface area contributed by atoms with E-state index in [4.69, 9.17) is 5.73 Å². The summed E-state index contributed by atoms with van der Waals surface area (Å²) in [6.07, 6.45) is 0. The van der Waals surface area contributed by atoms with Crippen LogP contribution in [-0.4, -0.2) is 13.9 Å². The van der Waals surface area contributed by atoms with E-state index in [1.54, 1.807) is 0 Å². The molecular formula is C7H9F3N2O2S. The maximum atomic E-state index is 10.8. The highest BCUT2D eigenvalue weighted by atomic mass is 32.2. The van der Waals surface area contributed by atoms with Crippen LogP contribution in [0.3, 0.4) is 0 Å². The molecule has 0 saturated heterocycles. The maximum absolute atomic E-state index is 10.8. The molecule has 0 bridgehead atoms. The molecule has 0 fully saturated rings. The monoisotopic (exact) mass is 242 g/mol. The zero-order chi connectivity index (χ0) is 12.1. The van der Waals surface area contributed by atoms with Gasteiger partial charge >= 0.3 is 15.5 Å². The Balaban J connectivity index is 0.000000262. The summed E-state index contributed by atoms with van der Waals surface area (Å²) >= 11 is 0. The molecule has 0 saturated carbocycles. The minimum absolute atomic E-state index is 0.822. The van der Waals surface area contributed by atoms with Gasteiger partial charge in [0, 0.05) is 5.69 Å². The fourth-order valence-corrected chi connectivity index (χ4v) is 0.453. The summed E-state index contributed by atoms with van der Waals surface area (Å²) in [5, 5.41) is 3.66. The predicted molar refractivity (Wildman–Crippen MR) is 50.0 cm³/mol. The number of nitrogen functional groups attached to an aromatic ring is 1. The van der Waals surface area contributed by atoms with Crippen molar-refractivity contribution in [2.24, 2.45) is 5.14 Å². The lowest BCUT2D eigenvalue weighted by Crippen LogP contribution is -2.30. The van der Waals surface area contributed by atoms with Gasteiger partial charge in [-0.05, 0) is 12.1 Å². The SMILES string of the molecule is NS(=O)(=O)C(F)(F)F.Nc1ccccc1. The van der Waals surface area contributed by atoms with Crippen LogP contribution >= 0.6 is 0 Å². The molecule has 4 N–H and O–H groups in total. The minimum Gasteiger partial charge on any atom is -0.399 e. The van der Waals surface area contributed by atoms with Crippen molar-refractivity contribution in [1.29, 1.82) is 0 Å². The molecule has 0 atom stereocenters. The van der Waals surface area contributed by atoms with Crippen LogP contribution < -0.4 is 10.9 Å². The first-order valence-corrected chi connectivity index (χ1v) is 5.09. The summed E-state index contributed by atoms with van der Waals surface area (Å²) in [4.78, 5) is 0. The summed E-state index contributed by atoms with van der Waals surface area (Å²) < 4.78 is 51.2. The summed E-state index contributed by atoms with van der Waals surface area (Å²) in [7, 11) is -5.34. The van der Waals surface area contributed by atoms with Gasteiger partial charge in [-0.3, -0.25) is 0 Å². The van der Waals surface area contributed by atoms with Crippen LogP contribution in [0.5, 0.6) is 0 Å². The number of hydrogen-bond donors (Lipinski definition) is 2. The average Bonchev–Trinajstić information content (AvgIpc) is 2.02. The van der Waals surface area contributed by atoms with Crippen molar-refractivity contribution in [2.75, 3.05) is 5.73 Å². The van der Waals surface area contributed by atoms with Gasteiger partial charge in [-0.1, -0.05) is 18.2 Å². The van der Waals surface area contributed by atoms with E-state index < -0.39 is 15.5 Å². The molecule has 1 aromatic rings. The predicted octanol–water partition coefficient (Wildman–Crippen LogP) is 1.06. The first-order chi connectivity index (χ1) is 6.64. The zero-order valence-electron chi connectivity index (χ0n) is 7.40. The Morgan fingerprint density at radius 2 is 1.40 bits per heavy atom. The Morgan fingerprint density at radius 1 is 1.07 bits per heavy atom. The molecule has 0 amide bonds. The first-order valence-electron chi connectivity index (χ1n) is 3.54. The quantitative estimate of drug-likeness (QED) is 0.667. The fourth-order valence-electron chi connectivity index (χ4n) is 0.453. The van der Waals surface area contributed by atoms with Gasteiger partial charge in [0.05, 0.1) is 0 Å². The van der Waals surface area contributed by atoms with Crippen LogP contribution in [0.2, 0.25) is 0 Å². The van der Waals surface area contributed by atoms with Gasteiger partial charge in [0.1, 0.15) is 0 Å². The zero-order valence-corrected chi connectivity index (χ0v) is 8.22. The molecule has 0 unspecified atom stereocenters. The Kier molecular flexibility index (Phi) is 4.56. The van der Waals surface area contributed by atoms with Crippen LogP contribution in [0, 0.1) is 0 Å². The summed E-state index contributed by atoms with van der Waals surface area (Å²) in [6.45, 7) is 0. The van der Waals surface area contributed by atoms with E-state index in [0.29, 0.717) is 0 Å². The smallest absolute Gasteiger partial charge is 0.399 e. The second-order valence-electron chi connectivity index (χ2n) is 2.40. The molecule has 1 rings (SSSR count). The van der Waals surface area contributed by atoms with E-state index in [0.717, 1.165) is 5.69 Å². The summed E-state index contributed by atoms with van der Waals surface area (Å²) in [5.74, 6) is 0. The number of sulfonamides is 1. The van der Waals surface area contributed by atoms with Crippen LogP contribution in [0.25, 0.3) is 0 Å². The largest absolute Gasteiger partial charge is 0.511 e. The lowest BCUT2D eigenvalue weighted by atomic mass is 10.3. The number of nitrogens with two attached hydrogens (primary N) is 2. The third-order valence-corrected chi connectivity index (χ3v) is 1.77. The molecule has 0 aliphatic heterocycles. The van der Waals surface area contributed by atoms with E-state index in [-0.39, 0.29) is 0 Å². The normalized spacial score (nSPS) is 11.5. The van der Waals surface area contributed by atoms with Gasteiger partial charge in [-0.25, -0.2) is 13.6 Å².